The number of anilines is 1. The Balaban J connectivity index is 1.60. The van der Waals surface area contributed by atoms with Crippen LogP contribution in [0.4, 0.5) is 5.69 Å². The molecule has 0 aliphatic carbocycles. The number of halogens is 1. The van der Waals surface area contributed by atoms with Gasteiger partial charge in [-0.1, -0.05) is 18.5 Å². The van der Waals surface area contributed by atoms with Crippen molar-refractivity contribution in [1.29, 1.82) is 0 Å². The third-order valence-corrected chi connectivity index (χ3v) is 5.73. The fourth-order valence-electron chi connectivity index (χ4n) is 2.62. The molecule has 1 atom stereocenters. The van der Waals surface area contributed by atoms with Crippen molar-refractivity contribution in [2.45, 2.75) is 30.8 Å². The summed E-state index contributed by atoms with van der Waals surface area (Å²) in [5.74, 6) is -0.181. The van der Waals surface area contributed by atoms with E-state index in [1.807, 2.05) is 4.72 Å². The van der Waals surface area contributed by atoms with E-state index in [1.165, 1.54) is 18.2 Å². The Hall–Kier alpha value is -2.78. The normalized spacial score (nSPS) is 15.7. The highest BCUT2D eigenvalue weighted by Crippen LogP contribution is 2.32. The van der Waals surface area contributed by atoms with Crippen LogP contribution in [0, 0.1) is 0 Å². The second kappa shape index (κ2) is 8.71. The summed E-state index contributed by atoms with van der Waals surface area (Å²) in [5.41, 5.74) is 0.237. The molecule has 0 unspecified atom stereocenters. The zero-order valence-electron chi connectivity index (χ0n) is 15.5. The third kappa shape index (κ3) is 5.18. The predicted octanol–water partition coefficient (Wildman–Crippen LogP) is 2.72. The molecule has 2 N–H and O–H groups in total. The average Bonchev–Trinajstić information content (AvgIpc) is 2.68. The van der Waals surface area contributed by atoms with Gasteiger partial charge in [0, 0.05) is 5.02 Å². The molecule has 2 aromatic carbocycles. The van der Waals surface area contributed by atoms with Crippen molar-refractivity contribution in [2.75, 3.05) is 11.9 Å². The van der Waals surface area contributed by atoms with Crippen molar-refractivity contribution in [1.82, 2.24) is 4.72 Å². The van der Waals surface area contributed by atoms with Crippen LogP contribution in [0.1, 0.15) is 19.8 Å². The molecule has 0 bridgehead atoms. The highest BCUT2D eigenvalue weighted by Gasteiger charge is 2.28. The first-order valence-electron chi connectivity index (χ1n) is 8.84. The molecule has 0 aromatic heterocycles. The van der Waals surface area contributed by atoms with E-state index in [1.54, 1.807) is 31.2 Å². The molecule has 0 saturated carbocycles. The third-order valence-electron chi connectivity index (χ3n) is 4.11. The van der Waals surface area contributed by atoms with Gasteiger partial charge < -0.3 is 14.8 Å². The standard InChI is InChI=1S/C19H19ClN2O6S/c1-2-16-19(24)21-15-11-14(7-8-17(15)28-16)29(25,26)22-18(23)9-10-27-13-5-3-12(20)4-6-13/h3-8,11,16H,2,9-10H2,1H3,(H,21,24)(H,22,23)/t16-/m1/s1. The molecule has 154 valence electrons. The molecule has 2 aromatic rings. The van der Waals surface area contributed by atoms with E-state index < -0.39 is 22.0 Å². The molecule has 10 heteroatoms. The van der Waals surface area contributed by atoms with Gasteiger partial charge in [-0.2, -0.15) is 0 Å². The number of ether oxygens (including phenoxy) is 2. The van der Waals surface area contributed by atoms with E-state index in [9.17, 15) is 18.0 Å². The van der Waals surface area contributed by atoms with Gasteiger partial charge in [0.05, 0.1) is 23.6 Å². The summed E-state index contributed by atoms with van der Waals surface area (Å²) in [6, 6.07) is 10.6. The van der Waals surface area contributed by atoms with Crippen LogP contribution in [0.3, 0.4) is 0 Å². The Labute approximate surface area is 173 Å². The first kappa shape index (κ1) is 20.9. The van der Waals surface area contributed by atoms with Crippen molar-refractivity contribution in [3.05, 3.63) is 47.5 Å². The lowest BCUT2D eigenvalue weighted by molar-refractivity contribution is -0.123. The number of carbonyl (C=O) groups excluding carboxylic acids is 2. The van der Waals surface area contributed by atoms with Gasteiger partial charge in [0.15, 0.2) is 6.10 Å². The van der Waals surface area contributed by atoms with Crippen LogP contribution in [-0.4, -0.2) is 32.9 Å². The first-order chi connectivity index (χ1) is 13.8. The number of rotatable bonds is 7. The van der Waals surface area contributed by atoms with Crippen molar-refractivity contribution < 1.29 is 27.5 Å². The van der Waals surface area contributed by atoms with Crippen LogP contribution >= 0.6 is 11.6 Å². The van der Waals surface area contributed by atoms with E-state index in [-0.39, 0.29) is 29.5 Å². The summed E-state index contributed by atoms with van der Waals surface area (Å²) in [4.78, 5) is 23.8. The quantitative estimate of drug-likeness (QED) is 0.687. The molecule has 0 radical (unpaired) electrons. The van der Waals surface area contributed by atoms with Gasteiger partial charge in [0.1, 0.15) is 11.5 Å². The van der Waals surface area contributed by atoms with Crippen LogP contribution in [0.15, 0.2) is 47.4 Å². The molecule has 0 spiro atoms. The van der Waals surface area contributed by atoms with E-state index in [2.05, 4.69) is 5.32 Å². The molecule has 2 amide bonds. The molecule has 1 heterocycles. The molecule has 3 rings (SSSR count). The molecule has 29 heavy (non-hydrogen) atoms. The zero-order chi connectivity index (χ0) is 21.0. The second-order valence-electron chi connectivity index (χ2n) is 6.24. The van der Waals surface area contributed by atoms with Crippen molar-refractivity contribution >= 4 is 39.1 Å². The highest BCUT2D eigenvalue weighted by atomic mass is 35.5. The number of benzene rings is 2. The van der Waals surface area contributed by atoms with Gasteiger partial charge in [-0.3, -0.25) is 9.59 Å². The van der Waals surface area contributed by atoms with Gasteiger partial charge in [0.25, 0.3) is 15.9 Å². The lowest BCUT2D eigenvalue weighted by atomic mass is 10.2. The lowest BCUT2D eigenvalue weighted by Crippen LogP contribution is -2.36. The summed E-state index contributed by atoms with van der Waals surface area (Å²) >= 11 is 5.78. The Morgan fingerprint density at radius 2 is 1.97 bits per heavy atom. The molecular weight excluding hydrogens is 420 g/mol. The average molecular weight is 439 g/mol. The number of amides is 2. The SMILES string of the molecule is CC[C@H]1Oc2ccc(S(=O)(=O)NC(=O)CCOc3ccc(Cl)cc3)cc2NC1=O. The summed E-state index contributed by atoms with van der Waals surface area (Å²) in [5, 5.41) is 3.17. The Morgan fingerprint density at radius 3 is 2.66 bits per heavy atom. The molecular formula is C19H19ClN2O6S. The van der Waals surface area contributed by atoms with Crippen molar-refractivity contribution in [3.63, 3.8) is 0 Å². The summed E-state index contributed by atoms with van der Waals surface area (Å²) in [6.07, 6.45) is -0.296. The first-order valence-corrected chi connectivity index (χ1v) is 10.7. The van der Waals surface area contributed by atoms with Crippen molar-refractivity contribution in [3.8, 4) is 11.5 Å². The minimum absolute atomic E-state index is 0.00449. The zero-order valence-corrected chi connectivity index (χ0v) is 17.0. The topological polar surface area (TPSA) is 111 Å². The maximum absolute atomic E-state index is 12.5. The number of hydrogen-bond acceptors (Lipinski definition) is 6. The van der Waals surface area contributed by atoms with E-state index >= 15 is 0 Å². The summed E-state index contributed by atoms with van der Waals surface area (Å²) in [7, 11) is -4.11. The highest BCUT2D eigenvalue weighted by molar-refractivity contribution is 7.90. The second-order valence-corrected chi connectivity index (χ2v) is 8.36. The molecule has 1 aliphatic heterocycles. The van der Waals surface area contributed by atoms with Crippen LogP contribution in [0.25, 0.3) is 0 Å². The summed E-state index contributed by atoms with van der Waals surface area (Å²) < 4.78 is 37.8. The Morgan fingerprint density at radius 1 is 1.24 bits per heavy atom. The smallest absolute Gasteiger partial charge is 0.265 e. The van der Waals surface area contributed by atoms with Crippen molar-refractivity contribution in [2.24, 2.45) is 0 Å². The maximum Gasteiger partial charge on any atom is 0.265 e. The number of fused-ring (bicyclic) bond motifs is 1. The van der Waals surface area contributed by atoms with Gasteiger partial charge in [-0.25, -0.2) is 13.1 Å². The fraction of sp³-hybridized carbons (Fsp3) is 0.263. The number of carbonyl (C=O) groups is 2. The molecule has 0 saturated heterocycles. The number of nitrogens with one attached hydrogen (secondary N) is 2. The Bertz CT molecular complexity index is 1020. The fourth-order valence-corrected chi connectivity index (χ4v) is 3.78. The predicted molar refractivity (Wildman–Crippen MR) is 107 cm³/mol. The summed E-state index contributed by atoms with van der Waals surface area (Å²) in [6.45, 7) is 1.80. The van der Waals surface area contributed by atoms with Crippen LogP contribution in [0.5, 0.6) is 11.5 Å². The van der Waals surface area contributed by atoms with Crippen LogP contribution < -0.4 is 19.5 Å². The minimum Gasteiger partial charge on any atom is -0.493 e. The largest absolute Gasteiger partial charge is 0.493 e. The minimum atomic E-state index is -4.11. The van der Waals surface area contributed by atoms with Crippen LogP contribution in [-0.2, 0) is 19.6 Å². The van der Waals surface area contributed by atoms with E-state index in [4.69, 9.17) is 21.1 Å². The van der Waals surface area contributed by atoms with Gasteiger partial charge >= 0.3 is 0 Å². The van der Waals surface area contributed by atoms with Gasteiger partial charge in [0.2, 0.25) is 5.91 Å². The van der Waals surface area contributed by atoms with Gasteiger partial charge in [-0.05, 0) is 48.9 Å². The number of sulfonamides is 1. The Kier molecular flexibility index (Phi) is 6.29. The van der Waals surface area contributed by atoms with Gasteiger partial charge in [-0.15, -0.1) is 0 Å². The molecule has 0 fully saturated rings. The molecule has 8 nitrogen and oxygen atoms in total. The maximum atomic E-state index is 12.5. The monoisotopic (exact) mass is 438 g/mol. The van der Waals surface area contributed by atoms with Crippen LogP contribution in [0.2, 0.25) is 5.02 Å². The number of hydrogen-bond donors (Lipinski definition) is 2. The lowest BCUT2D eigenvalue weighted by Gasteiger charge is -2.25. The van der Waals surface area contributed by atoms with E-state index in [0.717, 1.165) is 0 Å². The van der Waals surface area contributed by atoms with E-state index in [0.29, 0.717) is 22.9 Å². The molecule has 1 aliphatic rings.